The van der Waals surface area contributed by atoms with E-state index < -0.39 is 0 Å². The molecule has 2 aliphatic rings. The van der Waals surface area contributed by atoms with Crippen LogP contribution in [-0.2, 0) is 4.79 Å². The second kappa shape index (κ2) is 4.07. The number of rotatable bonds is 2. The van der Waals surface area contributed by atoms with E-state index >= 15 is 0 Å². The van der Waals surface area contributed by atoms with Gasteiger partial charge in [0.2, 0.25) is 5.91 Å². The van der Waals surface area contributed by atoms with Gasteiger partial charge in [0.05, 0.1) is 6.04 Å². The van der Waals surface area contributed by atoms with Gasteiger partial charge >= 0.3 is 0 Å². The highest BCUT2D eigenvalue weighted by atomic mass is 16.2. The maximum absolute atomic E-state index is 11.6. The van der Waals surface area contributed by atoms with E-state index in [1.54, 1.807) is 0 Å². The first kappa shape index (κ1) is 8.97. The van der Waals surface area contributed by atoms with Crippen molar-refractivity contribution < 1.29 is 4.79 Å². The Morgan fingerprint density at radius 1 is 1.31 bits per heavy atom. The molecule has 3 N–H and O–H groups in total. The minimum Gasteiger partial charge on any atom is -0.351 e. The zero-order valence-electron chi connectivity index (χ0n) is 7.81. The van der Waals surface area contributed by atoms with Gasteiger partial charge in [0.25, 0.3) is 0 Å². The van der Waals surface area contributed by atoms with Gasteiger partial charge in [-0.25, -0.2) is 0 Å². The third kappa shape index (κ3) is 2.19. The van der Waals surface area contributed by atoms with Crippen LogP contribution in [0.15, 0.2) is 0 Å². The maximum Gasteiger partial charge on any atom is 0.237 e. The van der Waals surface area contributed by atoms with Crippen LogP contribution in [0.3, 0.4) is 0 Å². The summed E-state index contributed by atoms with van der Waals surface area (Å²) in [5, 5.41) is 9.49. The molecule has 0 aromatic carbocycles. The van der Waals surface area contributed by atoms with Gasteiger partial charge in [-0.05, 0) is 32.4 Å². The van der Waals surface area contributed by atoms with Gasteiger partial charge < -0.3 is 16.0 Å². The Morgan fingerprint density at radius 3 is 2.85 bits per heavy atom. The molecule has 1 unspecified atom stereocenters. The average Bonchev–Trinajstić information content (AvgIpc) is 2.74. The zero-order chi connectivity index (χ0) is 9.10. The van der Waals surface area contributed by atoms with E-state index in [0.29, 0.717) is 6.04 Å². The van der Waals surface area contributed by atoms with Crippen molar-refractivity contribution >= 4 is 5.91 Å². The fourth-order valence-corrected chi connectivity index (χ4v) is 1.99. The first-order chi connectivity index (χ1) is 6.36. The van der Waals surface area contributed by atoms with Gasteiger partial charge in [-0.2, -0.15) is 0 Å². The minimum absolute atomic E-state index is 0.0700. The van der Waals surface area contributed by atoms with Crippen LogP contribution in [-0.4, -0.2) is 37.6 Å². The summed E-state index contributed by atoms with van der Waals surface area (Å²) in [6, 6.07) is 0.426. The molecule has 4 nitrogen and oxygen atoms in total. The monoisotopic (exact) mass is 183 g/mol. The summed E-state index contributed by atoms with van der Waals surface area (Å²) in [6.45, 7) is 2.95. The molecule has 2 rings (SSSR count). The number of amides is 1. The fourth-order valence-electron chi connectivity index (χ4n) is 1.99. The Bertz CT molecular complexity index is 183. The molecule has 2 heterocycles. The third-order valence-electron chi connectivity index (χ3n) is 2.78. The molecule has 2 aliphatic heterocycles. The number of carbonyl (C=O) groups excluding carboxylic acids is 1. The van der Waals surface area contributed by atoms with E-state index in [0.717, 1.165) is 38.9 Å². The molecule has 2 saturated heterocycles. The summed E-state index contributed by atoms with van der Waals surface area (Å²) in [5.41, 5.74) is 0. The van der Waals surface area contributed by atoms with Crippen molar-refractivity contribution in [3.63, 3.8) is 0 Å². The molecule has 0 radical (unpaired) electrons. The molecule has 0 spiro atoms. The van der Waals surface area contributed by atoms with Gasteiger partial charge in [-0.1, -0.05) is 0 Å². The van der Waals surface area contributed by atoms with Crippen molar-refractivity contribution in [2.45, 2.75) is 31.3 Å². The average molecular weight is 183 g/mol. The number of hydrogen-bond donors (Lipinski definition) is 3. The molecular weight excluding hydrogens is 166 g/mol. The molecule has 0 bridgehead atoms. The third-order valence-corrected chi connectivity index (χ3v) is 2.78. The van der Waals surface area contributed by atoms with Crippen LogP contribution >= 0.6 is 0 Å². The van der Waals surface area contributed by atoms with Gasteiger partial charge in [0.1, 0.15) is 0 Å². The predicted molar refractivity (Wildman–Crippen MR) is 50.4 cm³/mol. The first-order valence-corrected chi connectivity index (χ1v) is 5.11. The van der Waals surface area contributed by atoms with Crippen LogP contribution in [0, 0.1) is 0 Å². The van der Waals surface area contributed by atoms with Crippen LogP contribution in [0.25, 0.3) is 0 Å². The van der Waals surface area contributed by atoms with Crippen molar-refractivity contribution in [3.8, 4) is 0 Å². The fraction of sp³-hybridized carbons (Fsp3) is 0.889. The first-order valence-electron chi connectivity index (χ1n) is 5.11. The quantitative estimate of drug-likeness (QED) is 0.526. The second-order valence-corrected chi connectivity index (χ2v) is 3.85. The molecule has 0 aliphatic carbocycles. The van der Waals surface area contributed by atoms with Crippen LogP contribution in [0.4, 0.5) is 0 Å². The van der Waals surface area contributed by atoms with Crippen LogP contribution in [0.2, 0.25) is 0 Å². The Kier molecular flexibility index (Phi) is 2.80. The second-order valence-electron chi connectivity index (χ2n) is 3.85. The van der Waals surface area contributed by atoms with E-state index in [-0.39, 0.29) is 11.9 Å². The summed E-state index contributed by atoms with van der Waals surface area (Å²) < 4.78 is 0. The minimum atomic E-state index is 0.0700. The van der Waals surface area contributed by atoms with Crippen molar-refractivity contribution in [2.75, 3.05) is 19.6 Å². The largest absolute Gasteiger partial charge is 0.351 e. The van der Waals surface area contributed by atoms with E-state index in [2.05, 4.69) is 16.0 Å². The van der Waals surface area contributed by atoms with Crippen LogP contribution in [0.5, 0.6) is 0 Å². The highest BCUT2D eigenvalue weighted by Crippen LogP contribution is 2.06. The van der Waals surface area contributed by atoms with Crippen molar-refractivity contribution in [2.24, 2.45) is 0 Å². The van der Waals surface area contributed by atoms with Crippen LogP contribution < -0.4 is 16.0 Å². The Balaban J connectivity index is 1.76. The molecule has 0 saturated carbocycles. The van der Waals surface area contributed by atoms with Crippen molar-refractivity contribution in [1.29, 1.82) is 0 Å². The van der Waals surface area contributed by atoms with Gasteiger partial charge in [-0.3, -0.25) is 4.79 Å². The zero-order valence-corrected chi connectivity index (χ0v) is 7.81. The summed E-state index contributed by atoms with van der Waals surface area (Å²) in [6.07, 6.45) is 3.19. The van der Waals surface area contributed by atoms with E-state index in [4.69, 9.17) is 0 Å². The normalized spacial score (nSPS) is 33.5. The predicted octanol–water partition coefficient (Wildman–Crippen LogP) is -0.783. The Hall–Kier alpha value is -0.610. The molecule has 0 aromatic heterocycles. The Morgan fingerprint density at radius 2 is 2.23 bits per heavy atom. The number of carbonyl (C=O) groups is 1. The molecule has 74 valence electrons. The lowest BCUT2D eigenvalue weighted by Gasteiger charge is -2.15. The van der Waals surface area contributed by atoms with Crippen molar-refractivity contribution in [3.05, 3.63) is 0 Å². The smallest absolute Gasteiger partial charge is 0.237 e. The van der Waals surface area contributed by atoms with Gasteiger partial charge in [0.15, 0.2) is 0 Å². The molecule has 2 atom stereocenters. The lowest BCUT2D eigenvalue weighted by Crippen LogP contribution is -2.45. The molecule has 0 aromatic rings. The van der Waals surface area contributed by atoms with E-state index in [1.807, 2.05) is 0 Å². The summed E-state index contributed by atoms with van der Waals surface area (Å²) in [7, 11) is 0. The molecule has 1 amide bonds. The number of nitrogens with one attached hydrogen (secondary N) is 3. The molecule has 13 heavy (non-hydrogen) atoms. The highest BCUT2D eigenvalue weighted by molar-refractivity contribution is 5.82. The summed E-state index contributed by atoms with van der Waals surface area (Å²) >= 11 is 0. The van der Waals surface area contributed by atoms with E-state index in [1.165, 1.54) is 0 Å². The lowest BCUT2D eigenvalue weighted by molar-refractivity contribution is -0.123. The van der Waals surface area contributed by atoms with Crippen molar-refractivity contribution in [1.82, 2.24) is 16.0 Å². The van der Waals surface area contributed by atoms with E-state index in [9.17, 15) is 4.79 Å². The SMILES string of the molecule is O=C(N[C@@H]1CCNC1)C1CCCN1. The highest BCUT2D eigenvalue weighted by Gasteiger charge is 2.25. The van der Waals surface area contributed by atoms with Gasteiger partial charge in [-0.15, -0.1) is 0 Å². The Labute approximate surface area is 78.5 Å². The molecule has 4 heteroatoms. The maximum atomic E-state index is 11.6. The number of hydrogen-bond acceptors (Lipinski definition) is 3. The summed E-state index contributed by atoms with van der Waals surface area (Å²) in [4.78, 5) is 11.6. The molecular formula is C9H17N3O. The topological polar surface area (TPSA) is 53.2 Å². The lowest BCUT2D eigenvalue weighted by atomic mass is 10.2. The van der Waals surface area contributed by atoms with Crippen LogP contribution in [0.1, 0.15) is 19.3 Å². The van der Waals surface area contributed by atoms with Gasteiger partial charge in [0, 0.05) is 12.6 Å². The molecule has 2 fully saturated rings. The standard InChI is InChI=1S/C9H17N3O/c13-9(8-2-1-4-11-8)12-7-3-5-10-6-7/h7-8,10-11H,1-6H2,(H,12,13)/t7-,8?/m1/s1. The summed E-state index contributed by atoms with van der Waals surface area (Å²) in [5.74, 6) is 0.186.